The van der Waals surface area contributed by atoms with Gasteiger partial charge in [0, 0.05) is 12.1 Å². The van der Waals surface area contributed by atoms with Gasteiger partial charge in [0.2, 0.25) is 0 Å². The first-order valence-electron chi connectivity index (χ1n) is 6.05. The molecule has 4 nitrogen and oxygen atoms in total. The number of H-pyrrole nitrogens is 1. The highest BCUT2D eigenvalue weighted by Gasteiger charge is 2.19. The summed E-state index contributed by atoms with van der Waals surface area (Å²) in [5.41, 5.74) is 1.51. The summed E-state index contributed by atoms with van der Waals surface area (Å²) < 4.78 is 18.4. The molecule has 0 bridgehead atoms. The van der Waals surface area contributed by atoms with E-state index in [4.69, 9.17) is 16.3 Å². The average Bonchev–Trinajstić information content (AvgIpc) is 2.89. The maximum atomic E-state index is 13.0. The number of morpholine rings is 1. The minimum Gasteiger partial charge on any atom is -0.378 e. The molecule has 0 aliphatic carbocycles. The zero-order chi connectivity index (χ0) is 13.2. The Morgan fingerprint density at radius 3 is 3.05 bits per heavy atom. The van der Waals surface area contributed by atoms with Crippen molar-refractivity contribution in [3.05, 3.63) is 41.1 Å². The molecule has 1 fully saturated rings. The Bertz CT molecular complexity index is 581. The predicted octanol–water partition coefficient (Wildman–Crippen LogP) is 2.53. The summed E-state index contributed by atoms with van der Waals surface area (Å²) in [6.07, 6.45) is 1.70. The Morgan fingerprint density at radius 2 is 2.32 bits per heavy atom. The normalized spacial score (nSPS) is 19.6. The molecule has 100 valence electrons. The largest absolute Gasteiger partial charge is 0.378 e. The van der Waals surface area contributed by atoms with Gasteiger partial charge in [-0.15, -0.1) is 0 Å². The van der Waals surface area contributed by atoms with Gasteiger partial charge in [-0.05, 0) is 18.2 Å². The summed E-state index contributed by atoms with van der Waals surface area (Å²) in [6, 6.07) is 4.37. The van der Waals surface area contributed by atoms with Gasteiger partial charge in [0.05, 0.1) is 36.2 Å². The lowest BCUT2D eigenvalue weighted by Gasteiger charge is -2.21. The van der Waals surface area contributed by atoms with Gasteiger partial charge in [-0.25, -0.2) is 9.37 Å². The highest BCUT2D eigenvalue weighted by Crippen LogP contribution is 2.28. The summed E-state index contributed by atoms with van der Waals surface area (Å²) in [6.45, 7) is 2.11. The predicted molar refractivity (Wildman–Crippen MR) is 70.6 cm³/mol. The number of benzene rings is 1. The number of hydrogen-bond donors (Lipinski definition) is 2. The van der Waals surface area contributed by atoms with Crippen molar-refractivity contribution >= 4 is 11.6 Å². The average molecular weight is 282 g/mol. The van der Waals surface area contributed by atoms with Crippen LogP contribution in [0.4, 0.5) is 4.39 Å². The second-order valence-electron chi connectivity index (χ2n) is 4.39. The van der Waals surface area contributed by atoms with Gasteiger partial charge in [0.25, 0.3) is 0 Å². The van der Waals surface area contributed by atoms with E-state index in [9.17, 15) is 4.39 Å². The Balaban J connectivity index is 1.87. The quantitative estimate of drug-likeness (QED) is 0.889. The summed E-state index contributed by atoms with van der Waals surface area (Å²) >= 11 is 6.03. The van der Waals surface area contributed by atoms with Gasteiger partial charge < -0.3 is 15.0 Å². The van der Waals surface area contributed by atoms with E-state index in [2.05, 4.69) is 15.3 Å². The SMILES string of the molecule is Fc1ccc(-c2cnc(C3COCCN3)[nH]2)c(Cl)c1. The van der Waals surface area contributed by atoms with Gasteiger partial charge in [-0.3, -0.25) is 0 Å². The third kappa shape index (κ3) is 2.63. The van der Waals surface area contributed by atoms with Crippen molar-refractivity contribution in [2.45, 2.75) is 6.04 Å². The molecule has 1 aromatic heterocycles. The number of hydrogen-bond acceptors (Lipinski definition) is 3. The number of halogens is 2. The molecular formula is C13H13ClFN3O. The molecule has 6 heteroatoms. The number of aromatic amines is 1. The van der Waals surface area contributed by atoms with E-state index < -0.39 is 0 Å². The van der Waals surface area contributed by atoms with Gasteiger partial charge in [-0.1, -0.05) is 11.6 Å². The second kappa shape index (κ2) is 5.28. The fourth-order valence-corrected chi connectivity index (χ4v) is 2.37. The van der Waals surface area contributed by atoms with E-state index in [1.54, 1.807) is 12.3 Å². The first-order chi connectivity index (χ1) is 9.24. The third-order valence-electron chi connectivity index (χ3n) is 3.07. The molecule has 2 N–H and O–H groups in total. The van der Waals surface area contributed by atoms with Crippen molar-refractivity contribution in [1.82, 2.24) is 15.3 Å². The standard InChI is InChI=1S/C13H13ClFN3O/c14-10-5-8(15)1-2-9(10)11-6-17-13(18-11)12-7-19-4-3-16-12/h1-2,5-6,12,16H,3-4,7H2,(H,17,18). The van der Waals surface area contributed by atoms with Crippen molar-refractivity contribution in [1.29, 1.82) is 0 Å². The minimum absolute atomic E-state index is 0.0572. The van der Waals surface area contributed by atoms with E-state index in [1.807, 2.05) is 0 Å². The van der Waals surface area contributed by atoms with Crippen molar-refractivity contribution in [2.75, 3.05) is 19.8 Å². The fourth-order valence-electron chi connectivity index (χ4n) is 2.10. The van der Waals surface area contributed by atoms with Crippen LogP contribution in [0.3, 0.4) is 0 Å². The van der Waals surface area contributed by atoms with Crippen LogP contribution in [-0.2, 0) is 4.74 Å². The van der Waals surface area contributed by atoms with Crippen LogP contribution in [0.5, 0.6) is 0 Å². The Hall–Kier alpha value is -1.43. The first kappa shape index (κ1) is 12.6. The van der Waals surface area contributed by atoms with Crippen molar-refractivity contribution in [3.63, 3.8) is 0 Å². The van der Waals surface area contributed by atoms with Gasteiger partial charge in [0.15, 0.2) is 0 Å². The van der Waals surface area contributed by atoms with Crippen LogP contribution >= 0.6 is 11.6 Å². The summed E-state index contributed by atoms with van der Waals surface area (Å²) in [4.78, 5) is 7.53. The zero-order valence-electron chi connectivity index (χ0n) is 10.1. The lowest BCUT2D eigenvalue weighted by atomic mass is 10.1. The number of imidazole rings is 1. The van der Waals surface area contributed by atoms with Crippen LogP contribution < -0.4 is 5.32 Å². The molecule has 1 aliphatic rings. The Morgan fingerprint density at radius 1 is 1.42 bits per heavy atom. The molecule has 0 saturated carbocycles. The van der Waals surface area contributed by atoms with E-state index >= 15 is 0 Å². The van der Waals surface area contributed by atoms with Crippen LogP contribution in [0.25, 0.3) is 11.3 Å². The lowest BCUT2D eigenvalue weighted by Crippen LogP contribution is -2.35. The van der Waals surface area contributed by atoms with E-state index in [-0.39, 0.29) is 11.9 Å². The number of aromatic nitrogens is 2. The van der Waals surface area contributed by atoms with Crippen molar-refractivity contribution < 1.29 is 9.13 Å². The zero-order valence-corrected chi connectivity index (χ0v) is 10.9. The van der Waals surface area contributed by atoms with Crippen LogP contribution in [-0.4, -0.2) is 29.7 Å². The maximum absolute atomic E-state index is 13.0. The third-order valence-corrected chi connectivity index (χ3v) is 3.38. The molecule has 1 unspecified atom stereocenters. The van der Waals surface area contributed by atoms with E-state index in [1.165, 1.54) is 12.1 Å². The fraction of sp³-hybridized carbons (Fsp3) is 0.308. The number of rotatable bonds is 2. The second-order valence-corrected chi connectivity index (χ2v) is 4.80. The molecule has 2 aromatic rings. The highest BCUT2D eigenvalue weighted by molar-refractivity contribution is 6.33. The molecule has 2 heterocycles. The Labute approximate surface area is 115 Å². The van der Waals surface area contributed by atoms with Crippen LogP contribution in [0.1, 0.15) is 11.9 Å². The van der Waals surface area contributed by atoms with Gasteiger partial charge in [0.1, 0.15) is 11.6 Å². The molecule has 1 aromatic carbocycles. The first-order valence-corrected chi connectivity index (χ1v) is 6.43. The summed E-state index contributed by atoms with van der Waals surface area (Å²) in [7, 11) is 0. The molecular weight excluding hydrogens is 269 g/mol. The number of nitrogens with zero attached hydrogens (tertiary/aromatic N) is 1. The molecule has 19 heavy (non-hydrogen) atoms. The van der Waals surface area contributed by atoms with Crippen LogP contribution in [0.15, 0.2) is 24.4 Å². The molecule has 1 aliphatic heterocycles. The smallest absolute Gasteiger partial charge is 0.126 e. The molecule has 0 spiro atoms. The van der Waals surface area contributed by atoms with Gasteiger partial charge >= 0.3 is 0 Å². The van der Waals surface area contributed by atoms with E-state index in [0.717, 1.165) is 23.6 Å². The topological polar surface area (TPSA) is 49.9 Å². The van der Waals surface area contributed by atoms with Crippen LogP contribution in [0.2, 0.25) is 5.02 Å². The molecule has 1 atom stereocenters. The maximum Gasteiger partial charge on any atom is 0.126 e. The molecule has 1 saturated heterocycles. The molecule has 0 amide bonds. The van der Waals surface area contributed by atoms with Crippen molar-refractivity contribution in [2.24, 2.45) is 0 Å². The molecule has 3 rings (SSSR count). The number of nitrogens with one attached hydrogen (secondary N) is 2. The summed E-state index contributed by atoms with van der Waals surface area (Å²) in [5, 5.41) is 3.68. The number of ether oxygens (including phenoxy) is 1. The van der Waals surface area contributed by atoms with Gasteiger partial charge in [-0.2, -0.15) is 0 Å². The monoisotopic (exact) mass is 281 g/mol. The lowest BCUT2D eigenvalue weighted by molar-refractivity contribution is 0.0745. The van der Waals surface area contributed by atoms with Crippen molar-refractivity contribution in [3.8, 4) is 11.3 Å². The Kier molecular flexibility index (Phi) is 3.50. The van der Waals surface area contributed by atoms with E-state index in [0.29, 0.717) is 18.2 Å². The highest BCUT2D eigenvalue weighted by atomic mass is 35.5. The minimum atomic E-state index is -0.351. The summed E-state index contributed by atoms with van der Waals surface area (Å²) in [5.74, 6) is 0.450. The molecule has 0 radical (unpaired) electrons. The van der Waals surface area contributed by atoms with Crippen LogP contribution in [0, 0.1) is 5.82 Å².